The summed E-state index contributed by atoms with van der Waals surface area (Å²) in [5.74, 6) is 1.06. The Morgan fingerprint density at radius 2 is 1.75 bits per heavy atom. The van der Waals surface area contributed by atoms with E-state index in [1.165, 1.54) is 0 Å². The van der Waals surface area contributed by atoms with Gasteiger partial charge in [0.25, 0.3) is 0 Å². The lowest BCUT2D eigenvalue weighted by atomic mass is 10.6. The van der Waals surface area contributed by atoms with Gasteiger partial charge >= 0.3 is 0 Å². The Labute approximate surface area is 52.3 Å². The summed E-state index contributed by atoms with van der Waals surface area (Å²) < 4.78 is 17.9. The van der Waals surface area contributed by atoms with Crippen LogP contribution in [-0.2, 0) is 0 Å². The minimum atomic E-state index is -2.17. The third kappa shape index (κ3) is 3.29. The molecular weight excluding hydrogens is 124 g/mol. The first-order valence-corrected chi connectivity index (χ1v) is 4.74. The van der Waals surface area contributed by atoms with Crippen LogP contribution in [0.25, 0.3) is 0 Å². The van der Waals surface area contributed by atoms with E-state index in [2.05, 4.69) is 0 Å². The fourth-order valence-corrected chi connectivity index (χ4v) is 1.41. The smallest absolute Gasteiger partial charge is 0.0371 e. The summed E-state index contributed by atoms with van der Waals surface area (Å²) in [6, 6.07) is 0. The molecule has 0 aromatic heterocycles. The molecule has 0 saturated heterocycles. The lowest BCUT2D eigenvalue weighted by molar-refractivity contribution is 0.487. The molecule has 0 radical (unpaired) electrons. The highest BCUT2D eigenvalue weighted by molar-refractivity contribution is 8.24. The minimum absolute atomic E-state index is 0.501. The highest BCUT2D eigenvalue weighted by atomic mass is 32.3. The minimum Gasteiger partial charge on any atom is -0.299 e. The summed E-state index contributed by atoms with van der Waals surface area (Å²) in [5, 5.41) is 0. The van der Waals surface area contributed by atoms with Gasteiger partial charge in [-0.2, -0.15) is 10.6 Å². The molecule has 0 rings (SSSR count). The first-order chi connectivity index (χ1) is 3.62. The van der Waals surface area contributed by atoms with Gasteiger partial charge in [-0.25, -0.2) is 0 Å². The van der Waals surface area contributed by atoms with Crippen LogP contribution in [0.15, 0.2) is 0 Å². The van der Waals surface area contributed by atoms with Crippen molar-refractivity contribution in [3.05, 3.63) is 0 Å². The van der Waals surface area contributed by atoms with E-state index in [4.69, 9.17) is 9.11 Å². The van der Waals surface area contributed by atoms with Gasteiger partial charge in [0.2, 0.25) is 0 Å². The van der Waals surface area contributed by atoms with E-state index in [-0.39, 0.29) is 0 Å². The van der Waals surface area contributed by atoms with Gasteiger partial charge in [0, 0.05) is 11.5 Å². The second-order valence-corrected chi connectivity index (χ2v) is 4.38. The van der Waals surface area contributed by atoms with Gasteiger partial charge in [0.15, 0.2) is 0 Å². The second kappa shape index (κ2) is 3.33. The van der Waals surface area contributed by atoms with Crippen LogP contribution in [-0.4, -0.2) is 20.6 Å². The molecule has 0 spiro atoms. The van der Waals surface area contributed by atoms with E-state index in [1.54, 1.807) is 6.92 Å². The molecular formula is C5H14O2S. The Hall–Kier alpha value is 0.270. The van der Waals surface area contributed by atoms with Crippen molar-refractivity contribution >= 4 is 10.6 Å². The van der Waals surface area contributed by atoms with Gasteiger partial charge in [-0.3, -0.25) is 9.11 Å². The molecule has 0 saturated carbocycles. The topological polar surface area (TPSA) is 40.5 Å². The molecule has 2 N–H and O–H groups in total. The Balaban J connectivity index is 3.37. The summed E-state index contributed by atoms with van der Waals surface area (Å²) in [4.78, 5) is 0. The molecule has 2 nitrogen and oxygen atoms in total. The molecule has 0 aliphatic carbocycles. The maximum absolute atomic E-state index is 8.96. The largest absolute Gasteiger partial charge is 0.299 e. The van der Waals surface area contributed by atoms with Crippen LogP contribution in [0.4, 0.5) is 0 Å². The van der Waals surface area contributed by atoms with E-state index in [1.807, 2.05) is 6.92 Å². The highest BCUT2D eigenvalue weighted by Gasteiger charge is 2.04. The summed E-state index contributed by atoms with van der Waals surface area (Å²) in [5.41, 5.74) is 0. The third-order valence-electron chi connectivity index (χ3n) is 0.993. The van der Waals surface area contributed by atoms with Crippen LogP contribution in [0.5, 0.6) is 0 Å². The fraction of sp³-hybridized carbons (Fsp3) is 1.00. The summed E-state index contributed by atoms with van der Waals surface area (Å²) in [7, 11) is -2.17. The number of hydrogen-bond donors (Lipinski definition) is 2. The molecule has 0 aromatic carbocycles. The van der Waals surface area contributed by atoms with Crippen LogP contribution in [0.1, 0.15) is 20.3 Å². The van der Waals surface area contributed by atoms with E-state index >= 15 is 0 Å². The molecule has 0 heterocycles. The molecule has 0 atom stereocenters. The third-order valence-corrected chi connectivity index (χ3v) is 2.98. The van der Waals surface area contributed by atoms with Crippen molar-refractivity contribution in [3.8, 4) is 0 Å². The second-order valence-electron chi connectivity index (χ2n) is 1.79. The van der Waals surface area contributed by atoms with Crippen molar-refractivity contribution in [1.82, 2.24) is 0 Å². The first-order valence-electron chi connectivity index (χ1n) is 2.86. The Morgan fingerprint density at radius 1 is 1.25 bits per heavy atom. The van der Waals surface area contributed by atoms with Crippen molar-refractivity contribution in [3.63, 3.8) is 0 Å². The normalized spacial score (nSPS) is 14.0. The number of rotatable bonds is 3. The zero-order valence-corrected chi connectivity index (χ0v) is 6.24. The molecule has 8 heavy (non-hydrogen) atoms. The molecule has 0 fully saturated rings. The van der Waals surface area contributed by atoms with Crippen molar-refractivity contribution in [2.24, 2.45) is 0 Å². The van der Waals surface area contributed by atoms with Crippen LogP contribution in [0.3, 0.4) is 0 Å². The Kier molecular flexibility index (Phi) is 3.44. The van der Waals surface area contributed by atoms with Crippen LogP contribution >= 0.6 is 10.6 Å². The molecule has 0 aliphatic rings. The van der Waals surface area contributed by atoms with Gasteiger partial charge in [-0.1, -0.05) is 6.92 Å². The molecule has 52 valence electrons. The maximum atomic E-state index is 8.96. The zero-order valence-electron chi connectivity index (χ0n) is 5.42. The maximum Gasteiger partial charge on any atom is 0.0371 e. The molecule has 0 aliphatic heterocycles. The van der Waals surface area contributed by atoms with E-state index in [9.17, 15) is 0 Å². The first kappa shape index (κ1) is 8.27. The quantitative estimate of drug-likeness (QED) is 0.627. The van der Waals surface area contributed by atoms with Gasteiger partial charge in [-0.05, 0) is 13.3 Å². The van der Waals surface area contributed by atoms with Crippen molar-refractivity contribution < 1.29 is 9.11 Å². The van der Waals surface area contributed by atoms with E-state index < -0.39 is 10.6 Å². The van der Waals surface area contributed by atoms with E-state index in [0.717, 1.165) is 6.42 Å². The predicted molar refractivity (Wildman–Crippen MR) is 38.5 cm³/mol. The molecule has 0 amide bonds. The molecule has 0 aromatic rings. The summed E-state index contributed by atoms with van der Waals surface area (Å²) in [6.45, 7) is 3.74. The monoisotopic (exact) mass is 138 g/mol. The SMILES string of the molecule is CCCS(O)(O)CC. The highest BCUT2D eigenvalue weighted by Crippen LogP contribution is 2.37. The zero-order chi connectivity index (χ0) is 6.62. The van der Waals surface area contributed by atoms with Crippen LogP contribution in [0, 0.1) is 0 Å². The standard InChI is InChI=1S/C5H14O2S/c1-3-5-8(6,7)4-2/h6-7H,3-5H2,1-2H3. The molecule has 0 bridgehead atoms. The predicted octanol–water partition coefficient (Wildman–Crippen LogP) is 2.17. The average molecular weight is 138 g/mol. The Morgan fingerprint density at radius 3 is 1.88 bits per heavy atom. The van der Waals surface area contributed by atoms with Crippen LogP contribution < -0.4 is 0 Å². The lowest BCUT2D eigenvalue weighted by Crippen LogP contribution is -2.03. The van der Waals surface area contributed by atoms with Gasteiger partial charge < -0.3 is 0 Å². The van der Waals surface area contributed by atoms with Crippen LogP contribution in [0.2, 0.25) is 0 Å². The van der Waals surface area contributed by atoms with E-state index in [0.29, 0.717) is 11.5 Å². The molecule has 3 heteroatoms. The fourth-order valence-electron chi connectivity index (χ4n) is 0.471. The number of hydrogen-bond acceptors (Lipinski definition) is 2. The van der Waals surface area contributed by atoms with Crippen molar-refractivity contribution in [1.29, 1.82) is 0 Å². The van der Waals surface area contributed by atoms with Crippen molar-refractivity contribution in [2.75, 3.05) is 11.5 Å². The van der Waals surface area contributed by atoms with Gasteiger partial charge in [0.1, 0.15) is 0 Å². The molecule has 0 unspecified atom stereocenters. The van der Waals surface area contributed by atoms with Gasteiger partial charge in [0.05, 0.1) is 0 Å². The summed E-state index contributed by atoms with van der Waals surface area (Å²) in [6.07, 6.45) is 0.857. The van der Waals surface area contributed by atoms with Crippen molar-refractivity contribution in [2.45, 2.75) is 20.3 Å². The summed E-state index contributed by atoms with van der Waals surface area (Å²) >= 11 is 0. The Bertz CT molecular complexity index is 63.4. The average Bonchev–Trinajstić information content (AvgIpc) is 1.67. The lowest BCUT2D eigenvalue weighted by Gasteiger charge is -2.29. The van der Waals surface area contributed by atoms with Gasteiger partial charge in [-0.15, -0.1) is 0 Å².